The van der Waals surface area contributed by atoms with Crippen LogP contribution < -0.4 is 14.8 Å². The van der Waals surface area contributed by atoms with Crippen molar-refractivity contribution in [2.45, 2.75) is 51.9 Å². The molecular formula is C26H29F2N3O6. The number of pyridine rings is 1. The summed E-state index contributed by atoms with van der Waals surface area (Å²) in [5.74, 6) is -0.950. The van der Waals surface area contributed by atoms with Gasteiger partial charge in [-0.2, -0.15) is 8.78 Å². The average Bonchev–Trinajstić information content (AvgIpc) is 3.60. The molecule has 1 N–H and O–H groups in total. The van der Waals surface area contributed by atoms with Gasteiger partial charge in [-0.15, -0.1) is 0 Å². The molecule has 1 saturated heterocycles. The van der Waals surface area contributed by atoms with E-state index in [4.69, 9.17) is 9.47 Å². The fourth-order valence-electron chi connectivity index (χ4n) is 4.16. The second kappa shape index (κ2) is 11.5. The summed E-state index contributed by atoms with van der Waals surface area (Å²) in [6.07, 6.45) is 2.83. The molecule has 1 aliphatic heterocycles. The zero-order valence-electron chi connectivity index (χ0n) is 20.6. The molecule has 37 heavy (non-hydrogen) atoms. The maximum Gasteiger partial charge on any atom is 0.387 e. The minimum absolute atomic E-state index is 0.00395. The van der Waals surface area contributed by atoms with Crippen molar-refractivity contribution in [3.8, 4) is 11.5 Å². The largest absolute Gasteiger partial charge is 0.489 e. The minimum Gasteiger partial charge on any atom is -0.489 e. The highest BCUT2D eigenvalue weighted by Gasteiger charge is 2.38. The average molecular weight is 518 g/mol. The summed E-state index contributed by atoms with van der Waals surface area (Å²) in [6.45, 7) is 1.34. The number of aromatic nitrogens is 1. The van der Waals surface area contributed by atoms with E-state index in [0.29, 0.717) is 31.1 Å². The van der Waals surface area contributed by atoms with Crippen molar-refractivity contribution in [2.75, 3.05) is 19.7 Å². The van der Waals surface area contributed by atoms with Crippen LogP contribution in [0.2, 0.25) is 0 Å². The van der Waals surface area contributed by atoms with Crippen molar-refractivity contribution in [3.63, 3.8) is 0 Å². The summed E-state index contributed by atoms with van der Waals surface area (Å²) in [5.41, 5.74) is 1.06. The fraction of sp³-hybridized carbons (Fsp3) is 0.462. The first kappa shape index (κ1) is 26.3. The van der Waals surface area contributed by atoms with E-state index in [-0.39, 0.29) is 41.5 Å². The van der Waals surface area contributed by atoms with Crippen molar-refractivity contribution < 1.29 is 37.4 Å². The van der Waals surface area contributed by atoms with Gasteiger partial charge in [-0.1, -0.05) is 6.07 Å². The molecule has 198 valence electrons. The molecule has 0 bridgehead atoms. The number of likely N-dealkylation sites (tertiary alicyclic amines) is 1. The maximum atomic E-state index is 12.9. The molecule has 9 nitrogen and oxygen atoms in total. The Morgan fingerprint density at radius 1 is 1.16 bits per heavy atom. The van der Waals surface area contributed by atoms with Gasteiger partial charge in [-0.25, -0.2) is 9.78 Å². The molecule has 1 unspecified atom stereocenters. The molecule has 2 aliphatic rings. The number of esters is 1. The Morgan fingerprint density at radius 3 is 2.57 bits per heavy atom. The van der Waals surface area contributed by atoms with Crippen molar-refractivity contribution in [2.24, 2.45) is 5.92 Å². The minimum atomic E-state index is -2.98. The Morgan fingerprint density at radius 2 is 1.95 bits per heavy atom. The lowest BCUT2D eigenvalue weighted by atomic mass is 9.97. The zero-order chi connectivity index (χ0) is 26.5. The topological polar surface area (TPSA) is 107 Å². The summed E-state index contributed by atoms with van der Waals surface area (Å²) in [4.78, 5) is 42.4. The van der Waals surface area contributed by atoms with Crippen LogP contribution in [0.25, 0.3) is 0 Å². The van der Waals surface area contributed by atoms with Crippen LogP contribution in [0.15, 0.2) is 36.5 Å². The van der Waals surface area contributed by atoms with Gasteiger partial charge in [0.25, 0.3) is 5.91 Å². The summed E-state index contributed by atoms with van der Waals surface area (Å²) in [5, 5.41) is 2.65. The normalized spacial score (nSPS) is 19.0. The summed E-state index contributed by atoms with van der Waals surface area (Å²) in [6, 6.07) is 7.59. The van der Waals surface area contributed by atoms with Crippen LogP contribution in [0, 0.1) is 5.92 Å². The number of rotatable bonds is 10. The molecule has 4 rings (SSSR count). The zero-order valence-corrected chi connectivity index (χ0v) is 20.6. The Hall–Kier alpha value is -3.76. The van der Waals surface area contributed by atoms with Crippen molar-refractivity contribution >= 4 is 17.8 Å². The number of benzene rings is 1. The van der Waals surface area contributed by atoms with E-state index in [0.717, 1.165) is 18.4 Å². The van der Waals surface area contributed by atoms with Crippen LogP contribution in [0.1, 0.15) is 65.4 Å². The van der Waals surface area contributed by atoms with E-state index in [2.05, 4.69) is 15.0 Å². The molecule has 1 saturated carbocycles. The van der Waals surface area contributed by atoms with E-state index in [1.807, 2.05) is 0 Å². The number of hydrogen-bond acceptors (Lipinski definition) is 7. The van der Waals surface area contributed by atoms with E-state index < -0.39 is 18.8 Å². The van der Waals surface area contributed by atoms with E-state index in [9.17, 15) is 23.2 Å². The molecule has 2 atom stereocenters. The monoisotopic (exact) mass is 517 g/mol. The first-order valence-corrected chi connectivity index (χ1v) is 12.2. The smallest absolute Gasteiger partial charge is 0.387 e. The van der Waals surface area contributed by atoms with Gasteiger partial charge < -0.3 is 24.4 Å². The predicted molar refractivity (Wildman–Crippen MR) is 127 cm³/mol. The Kier molecular flexibility index (Phi) is 8.20. The van der Waals surface area contributed by atoms with Crippen molar-refractivity contribution in [1.82, 2.24) is 15.2 Å². The molecule has 2 aromatic rings. The second-order valence-electron chi connectivity index (χ2n) is 9.09. The van der Waals surface area contributed by atoms with Gasteiger partial charge in [-0.05, 0) is 55.5 Å². The number of carbonyl (C=O) groups is 3. The van der Waals surface area contributed by atoms with Crippen LogP contribution >= 0.6 is 0 Å². The van der Waals surface area contributed by atoms with Gasteiger partial charge in [0.05, 0.1) is 12.2 Å². The standard InChI is InChI=1S/C26H29F2N3O6/c1-3-29-24(33)18-6-8-20(30-12-18)25(34)37-23-11-19(13-31(23)15(2)32)17-7-9-21(36-26(27)28)22(10-17)35-14-16-4-5-16/h6-10,12,16,19,23,26H,3-5,11,13-14H2,1-2H3,(H,29,33)/t19?,23-/m0/s1. The van der Waals surface area contributed by atoms with Gasteiger partial charge in [0.1, 0.15) is 5.69 Å². The van der Waals surface area contributed by atoms with Crippen LogP contribution in [-0.4, -0.2) is 60.2 Å². The Balaban J connectivity index is 1.47. The molecule has 0 spiro atoms. The lowest BCUT2D eigenvalue weighted by Crippen LogP contribution is -2.37. The Bertz CT molecular complexity index is 1140. The molecule has 1 aromatic heterocycles. The Labute approximate surface area is 213 Å². The number of halogens is 2. The lowest BCUT2D eigenvalue weighted by Gasteiger charge is -2.22. The number of alkyl halides is 2. The lowest BCUT2D eigenvalue weighted by molar-refractivity contribution is -0.135. The fourth-order valence-corrected chi connectivity index (χ4v) is 4.16. The van der Waals surface area contributed by atoms with Crippen molar-refractivity contribution in [1.29, 1.82) is 0 Å². The number of hydrogen-bond donors (Lipinski definition) is 1. The van der Waals surface area contributed by atoms with Gasteiger partial charge in [0.2, 0.25) is 5.91 Å². The number of amides is 2. The quantitative estimate of drug-likeness (QED) is 0.479. The summed E-state index contributed by atoms with van der Waals surface area (Å²) >= 11 is 0. The van der Waals surface area contributed by atoms with Crippen molar-refractivity contribution in [3.05, 3.63) is 53.3 Å². The molecule has 0 radical (unpaired) electrons. The highest BCUT2D eigenvalue weighted by molar-refractivity contribution is 5.95. The van der Waals surface area contributed by atoms with E-state index in [1.165, 1.54) is 36.2 Å². The third-order valence-electron chi connectivity index (χ3n) is 6.30. The molecule has 1 aromatic carbocycles. The van der Waals surface area contributed by atoms with Gasteiger partial charge in [-0.3, -0.25) is 9.59 Å². The first-order chi connectivity index (χ1) is 17.7. The molecular weight excluding hydrogens is 488 g/mol. The van der Waals surface area contributed by atoms with Gasteiger partial charge in [0.15, 0.2) is 17.7 Å². The van der Waals surface area contributed by atoms with Crippen LogP contribution in [0.3, 0.4) is 0 Å². The molecule has 1 aliphatic carbocycles. The highest BCUT2D eigenvalue weighted by atomic mass is 19.3. The SMILES string of the molecule is CCNC(=O)c1ccc(C(=O)O[C@H]2CC(c3ccc(OC(F)F)c(OCC4CC4)c3)CN2C(C)=O)nc1. The highest BCUT2D eigenvalue weighted by Crippen LogP contribution is 2.39. The first-order valence-electron chi connectivity index (χ1n) is 12.2. The second-order valence-corrected chi connectivity index (χ2v) is 9.09. The number of carbonyl (C=O) groups excluding carboxylic acids is 3. The van der Waals surface area contributed by atoms with Gasteiger partial charge >= 0.3 is 12.6 Å². The number of nitrogens with zero attached hydrogens (tertiary/aromatic N) is 2. The molecule has 2 heterocycles. The number of ether oxygens (including phenoxy) is 3. The predicted octanol–water partition coefficient (Wildman–Crippen LogP) is 3.74. The third-order valence-corrected chi connectivity index (χ3v) is 6.30. The van der Waals surface area contributed by atoms with Crippen LogP contribution in [0.4, 0.5) is 8.78 Å². The summed E-state index contributed by atoms with van der Waals surface area (Å²) < 4.78 is 41.7. The van der Waals surface area contributed by atoms with Crippen LogP contribution in [0.5, 0.6) is 11.5 Å². The molecule has 2 fully saturated rings. The van der Waals surface area contributed by atoms with Gasteiger partial charge in [0, 0.05) is 38.5 Å². The van der Waals surface area contributed by atoms with E-state index in [1.54, 1.807) is 19.1 Å². The van der Waals surface area contributed by atoms with E-state index >= 15 is 0 Å². The molecule has 11 heteroatoms. The molecule has 2 amide bonds. The third kappa shape index (κ3) is 6.72. The number of nitrogens with one attached hydrogen (secondary N) is 1. The summed E-state index contributed by atoms with van der Waals surface area (Å²) in [7, 11) is 0. The maximum absolute atomic E-state index is 12.9. The van der Waals surface area contributed by atoms with Crippen LogP contribution in [-0.2, 0) is 9.53 Å².